The summed E-state index contributed by atoms with van der Waals surface area (Å²) in [4.78, 5) is 4.27. The van der Waals surface area contributed by atoms with Crippen LogP contribution in [0.3, 0.4) is 0 Å². The minimum atomic E-state index is 0.277. The molecule has 0 aliphatic rings. The van der Waals surface area contributed by atoms with Gasteiger partial charge in [0.05, 0.1) is 0 Å². The maximum atomic E-state index is 4.47. The quantitative estimate of drug-likeness (QED) is 0.380. The zero-order valence-electron chi connectivity index (χ0n) is 20.2. The van der Waals surface area contributed by atoms with Gasteiger partial charge < -0.3 is 9.80 Å². The van der Waals surface area contributed by atoms with Crippen molar-refractivity contribution in [2.75, 3.05) is 14.1 Å². The fourth-order valence-electron chi connectivity index (χ4n) is 4.02. The van der Waals surface area contributed by atoms with Gasteiger partial charge in [0.1, 0.15) is 5.82 Å². The fraction of sp³-hybridized carbons (Fsp3) is 0.429. The predicted octanol–water partition coefficient (Wildman–Crippen LogP) is 7.42. The molecule has 2 aromatic rings. The van der Waals surface area contributed by atoms with E-state index in [1.54, 1.807) is 0 Å². The lowest BCUT2D eigenvalue weighted by atomic mass is 9.92. The van der Waals surface area contributed by atoms with Crippen molar-refractivity contribution in [3.8, 4) is 11.1 Å². The summed E-state index contributed by atoms with van der Waals surface area (Å²) in [6.45, 7) is 19.7. The minimum absolute atomic E-state index is 0.277. The Bertz CT molecular complexity index is 872. The minimum Gasteiger partial charge on any atom is -0.365 e. The van der Waals surface area contributed by atoms with Crippen LogP contribution in [0, 0.1) is 13.8 Å². The Balaban J connectivity index is 2.40. The smallest absolute Gasteiger partial charge is 0.101 e. The van der Waals surface area contributed by atoms with Gasteiger partial charge >= 0.3 is 0 Å². The lowest BCUT2D eigenvalue weighted by Crippen LogP contribution is -2.34. The molecule has 2 rings (SSSR count). The zero-order chi connectivity index (χ0) is 22.4. The average Bonchev–Trinajstić information content (AvgIpc) is 2.68. The first-order valence-corrected chi connectivity index (χ1v) is 11.2. The summed E-state index contributed by atoms with van der Waals surface area (Å²) in [5, 5.41) is 0. The van der Waals surface area contributed by atoms with Crippen molar-refractivity contribution in [3.05, 3.63) is 77.6 Å². The monoisotopic (exact) mass is 404 g/mol. The Morgan fingerprint density at radius 2 is 1.57 bits per heavy atom. The molecule has 0 atom stereocenters. The van der Waals surface area contributed by atoms with Gasteiger partial charge in [0.25, 0.3) is 0 Å². The molecule has 0 heterocycles. The van der Waals surface area contributed by atoms with Crippen molar-refractivity contribution in [3.63, 3.8) is 0 Å². The summed E-state index contributed by atoms with van der Waals surface area (Å²) in [5.41, 5.74) is 8.69. The fourth-order valence-corrected chi connectivity index (χ4v) is 4.02. The third kappa shape index (κ3) is 5.56. The highest BCUT2D eigenvalue weighted by Gasteiger charge is 2.20. The largest absolute Gasteiger partial charge is 0.365 e. The number of nitrogens with zero attached hydrogens (tertiary/aromatic N) is 2. The van der Waals surface area contributed by atoms with Gasteiger partial charge in [0.2, 0.25) is 0 Å². The Labute approximate surface area is 184 Å². The lowest BCUT2D eigenvalue weighted by Gasteiger charge is -2.36. The Morgan fingerprint density at radius 3 is 2.10 bits per heavy atom. The molecule has 0 unspecified atom stereocenters. The van der Waals surface area contributed by atoms with Gasteiger partial charge in [0.15, 0.2) is 0 Å². The second-order valence-electron chi connectivity index (χ2n) is 8.86. The summed E-state index contributed by atoms with van der Waals surface area (Å²) in [5.74, 6) is 0.952. The van der Waals surface area contributed by atoms with Crippen molar-refractivity contribution < 1.29 is 0 Å². The number of rotatable bonds is 10. The molecule has 0 spiro atoms. The van der Waals surface area contributed by atoms with Gasteiger partial charge in [-0.05, 0) is 74.4 Å². The van der Waals surface area contributed by atoms with Crippen LogP contribution < -0.4 is 0 Å². The SMILES string of the molecule is C=C(c1cc(-c2ccc(CCCCC)cc2)c(C)cc1C)N(C(=C)N(C)C)C(C)C. The van der Waals surface area contributed by atoms with Crippen LogP contribution in [0.4, 0.5) is 0 Å². The van der Waals surface area contributed by atoms with Gasteiger partial charge in [0, 0.05) is 31.4 Å². The van der Waals surface area contributed by atoms with Crippen LogP contribution >= 0.6 is 0 Å². The summed E-state index contributed by atoms with van der Waals surface area (Å²) < 4.78 is 0. The van der Waals surface area contributed by atoms with E-state index in [9.17, 15) is 0 Å². The van der Waals surface area contributed by atoms with Crippen LogP contribution in [0.1, 0.15) is 62.3 Å². The Kier molecular flexibility index (Phi) is 8.34. The molecule has 0 aromatic heterocycles. The van der Waals surface area contributed by atoms with Crippen molar-refractivity contribution in [2.24, 2.45) is 0 Å². The number of hydrogen-bond acceptors (Lipinski definition) is 2. The summed E-state index contributed by atoms with van der Waals surface area (Å²) in [6.07, 6.45) is 5.00. The molecule has 0 N–H and O–H groups in total. The van der Waals surface area contributed by atoms with E-state index < -0.39 is 0 Å². The molecule has 2 aromatic carbocycles. The summed E-state index contributed by atoms with van der Waals surface area (Å²) >= 11 is 0. The third-order valence-corrected chi connectivity index (χ3v) is 5.82. The van der Waals surface area contributed by atoms with E-state index >= 15 is 0 Å². The highest BCUT2D eigenvalue weighted by Crippen LogP contribution is 2.33. The molecule has 0 radical (unpaired) electrons. The van der Waals surface area contributed by atoms with Crippen molar-refractivity contribution in [1.29, 1.82) is 0 Å². The second kappa shape index (κ2) is 10.5. The van der Waals surface area contributed by atoms with Crippen LogP contribution in [-0.2, 0) is 6.42 Å². The van der Waals surface area contributed by atoms with Gasteiger partial charge in [-0.15, -0.1) is 0 Å². The van der Waals surface area contributed by atoms with E-state index in [1.165, 1.54) is 59.1 Å². The number of hydrogen-bond donors (Lipinski definition) is 0. The molecule has 0 saturated heterocycles. The van der Waals surface area contributed by atoms with Crippen molar-refractivity contribution in [1.82, 2.24) is 9.80 Å². The topological polar surface area (TPSA) is 6.48 Å². The average molecular weight is 405 g/mol. The highest BCUT2D eigenvalue weighted by atomic mass is 15.3. The second-order valence-corrected chi connectivity index (χ2v) is 8.86. The molecule has 0 aliphatic carbocycles. The molecule has 0 bridgehead atoms. The van der Waals surface area contributed by atoms with Gasteiger partial charge in [-0.1, -0.05) is 63.3 Å². The van der Waals surface area contributed by atoms with Crippen LogP contribution in [-0.4, -0.2) is 29.9 Å². The molecule has 0 fully saturated rings. The predicted molar refractivity (Wildman–Crippen MR) is 133 cm³/mol. The van der Waals surface area contributed by atoms with Crippen LogP contribution in [0.2, 0.25) is 0 Å². The molecule has 2 nitrogen and oxygen atoms in total. The summed E-state index contributed by atoms with van der Waals surface area (Å²) in [6, 6.07) is 14.0. The van der Waals surface area contributed by atoms with Gasteiger partial charge in [-0.2, -0.15) is 0 Å². The zero-order valence-corrected chi connectivity index (χ0v) is 20.2. The number of benzene rings is 2. The third-order valence-electron chi connectivity index (χ3n) is 5.82. The first kappa shape index (κ1) is 23.8. The van der Waals surface area contributed by atoms with Crippen molar-refractivity contribution >= 4 is 5.70 Å². The molecule has 2 heteroatoms. The first-order valence-electron chi connectivity index (χ1n) is 11.2. The molecule has 0 aliphatic heterocycles. The van der Waals surface area contributed by atoms with E-state index in [0.29, 0.717) is 0 Å². The molecule has 30 heavy (non-hydrogen) atoms. The standard InChI is InChI=1S/C28H40N2/c1-10-11-12-13-25-14-16-26(17-15-25)28-19-27(21(4)18-22(28)5)23(6)30(20(2)3)24(7)29(8)9/h14-20H,6-7,10-13H2,1-5,8-9H3. The normalized spacial score (nSPS) is 10.9. The lowest BCUT2D eigenvalue weighted by molar-refractivity contribution is 0.301. The van der Waals surface area contributed by atoms with E-state index in [-0.39, 0.29) is 6.04 Å². The van der Waals surface area contributed by atoms with Crippen LogP contribution in [0.15, 0.2) is 55.4 Å². The molecule has 0 amide bonds. The van der Waals surface area contributed by atoms with Crippen LogP contribution in [0.25, 0.3) is 16.8 Å². The van der Waals surface area contributed by atoms with E-state index in [4.69, 9.17) is 0 Å². The van der Waals surface area contributed by atoms with Crippen LogP contribution in [0.5, 0.6) is 0 Å². The van der Waals surface area contributed by atoms with E-state index in [2.05, 4.69) is 89.1 Å². The van der Waals surface area contributed by atoms with Gasteiger partial charge in [-0.25, -0.2) is 0 Å². The Morgan fingerprint density at radius 1 is 0.933 bits per heavy atom. The highest BCUT2D eigenvalue weighted by molar-refractivity contribution is 5.76. The molecule has 162 valence electrons. The maximum absolute atomic E-state index is 4.47. The van der Waals surface area contributed by atoms with E-state index in [1.807, 2.05) is 19.0 Å². The van der Waals surface area contributed by atoms with Crippen molar-refractivity contribution in [2.45, 2.75) is 66.3 Å². The maximum Gasteiger partial charge on any atom is 0.101 e. The van der Waals surface area contributed by atoms with Gasteiger partial charge in [-0.3, -0.25) is 0 Å². The molecular formula is C28H40N2. The Hall–Kier alpha value is -2.48. The number of unbranched alkanes of at least 4 members (excludes halogenated alkanes) is 2. The first-order chi connectivity index (χ1) is 14.2. The molecule has 0 saturated carbocycles. The molecular weight excluding hydrogens is 364 g/mol. The summed E-state index contributed by atoms with van der Waals surface area (Å²) in [7, 11) is 4.06. The van der Waals surface area contributed by atoms with E-state index in [0.717, 1.165) is 11.5 Å². The number of aryl methyl sites for hydroxylation is 3.